The Labute approximate surface area is 120 Å². The third-order valence-electron chi connectivity index (χ3n) is 2.88. The number of aliphatic hydroxyl groups excluding tert-OH is 1. The van der Waals surface area contributed by atoms with Crippen molar-refractivity contribution in [1.82, 2.24) is 0 Å². The number of rotatable bonds is 3. The first-order valence-corrected chi connectivity index (χ1v) is 5.97. The van der Waals surface area contributed by atoms with Crippen molar-refractivity contribution < 1.29 is 19.8 Å². The number of ketones is 1. The number of nitrogens with zero attached hydrogens (tertiary/aromatic N) is 1. The molecule has 1 aliphatic carbocycles. The molecule has 1 aromatic rings. The molecular formula is C14H13N3O4. The molecule has 0 saturated carbocycles. The number of anilines is 1. The monoisotopic (exact) mass is 287 g/mol. The number of amides is 1. The zero-order chi connectivity index (χ0) is 15.6. The van der Waals surface area contributed by atoms with Crippen molar-refractivity contribution in [2.24, 2.45) is 10.7 Å². The Morgan fingerprint density at radius 1 is 1.29 bits per heavy atom. The summed E-state index contributed by atoms with van der Waals surface area (Å²) in [5, 5.41) is 22.5. The number of aliphatic hydroxyl groups is 1. The second-order valence-electron chi connectivity index (χ2n) is 4.22. The maximum atomic E-state index is 11.9. The van der Waals surface area contributed by atoms with Gasteiger partial charge in [-0.2, -0.15) is 0 Å². The van der Waals surface area contributed by atoms with Gasteiger partial charge >= 0.3 is 0 Å². The number of nitrogens with two attached hydrogens (primary N) is 1. The first kappa shape index (κ1) is 14.3. The predicted molar refractivity (Wildman–Crippen MR) is 77.0 cm³/mol. The van der Waals surface area contributed by atoms with Gasteiger partial charge in [-0.05, 0) is 12.1 Å². The molecule has 7 nitrogen and oxygen atoms in total. The third kappa shape index (κ3) is 2.62. The molecule has 108 valence electrons. The van der Waals surface area contributed by atoms with Crippen LogP contribution in [0.25, 0.3) is 0 Å². The Kier molecular flexibility index (Phi) is 3.75. The van der Waals surface area contributed by atoms with E-state index in [4.69, 9.17) is 5.73 Å². The lowest BCUT2D eigenvalue weighted by Crippen LogP contribution is -2.32. The van der Waals surface area contributed by atoms with Crippen LogP contribution < -0.4 is 11.1 Å². The minimum Gasteiger partial charge on any atom is -0.506 e. The van der Waals surface area contributed by atoms with Gasteiger partial charge in [-0.25, -0.2) is 0 Å². The molecule has 2 rings (SSSR count). The SMILES string of the molecule is CN=C1C(=O)C=C(Nc2ccccc2O)C(O)=C1C(N)=O. The molecule has 5 N–H and O–H groups in total. The van der Waals surface area contributed by atoms with E-state index in [2.05, 4.69) is 10.3 Å². The van der Waals surface area contributed by atoms with Crippen molar-refractivity contribution >= 4 is 23.1 Å². The van der Waals surface area contributed by atoms with Crippen LogP contribution in [0.2, 0.25) is 0 Å². The number of aliphatic imine (C=N–C) groups is 1. The van der Waals surface area contributed by atoms with Crippen LogP contribution in [-0.4, -0.2) is 34.7 Å². The summed E-state index contributed by atoms with van der Waals surface area (Å²) in [4.78, 5) is 27.0. The Bertz CT molecular complexity index is 717. The topological polar surface area (TPSA) is 125 Å². The molecule has 1 amide bonds. The van der Waals surface area contributed by atoms with E-state index in [9.17, 15) is 19.8 Å². The van der Waals surface area contributed by atoms with Gasteiger partial charge in [0.1, 0.15) is 17.0 Å². The number of phenolic OH excluding ortho intramolecular Hbond substituents is 1. The number of carbonyl (C=O) groups is 2. The molecule has 0 unspecified atom stereocenters. The van der Waals surface area contributed by atoms with Gasteiger partial charge in [-0.1, -0.05) is 12.1 Å². The molecule has 0 spiro atoms. The van der Waals surface area contributed by atoms with E-state index in [1.807, 2.05) is 0 Å². The van der Waals surface area contributed by atoms with E-state index < -0.39 is 17.4 Å². The highest BCUT2D eigenvalue weighted by Crippen LogP contribution is 2.27. The third-order valence-corrected chi connectivity index (χ3v) is 2.88. The first-order valence-electron chi connectivity index (χ1n) is 5.97. The summed E-state index contributed by atoms with van der Waals surface area (Å²) in [7, 11) is 1.32. The molecule has 0 fully saturated rings. The average Bonchev–Trinajstić information content (AvgIpc) is 2.44. The van der Waals surface area contributed by atoms with E-state index in [0.29, 0.717) is 0 Å². The van der Waals surface area contributed by atoms with Crippen LogP contribution in [0.3, 0.4) is 0 Å². The second-order valence-corrected chi connectivity index (χ2v) is 4.22. The number of para-hydroxylation sites is 2. The minimum atomic E-state index is -0.967. The van der Waals surface area contributed by atoms with E-state index in [-0.39, 0.29) is 28.4 Å². The van der Waals surface area contributed by atoms with Gasteiger partial charge in [0.05, 0.1) is 11.4 Å². The number of nitrogens with one attached hydrogen (secondary N) is 1. The average molecular weight is 287 g/mol. The summed E-state index contributed by atoms with van der Waals surface area (Å²) in [5.74, 6) is -2.10. The molecular weight excluding hydrogens is 274 g/mol. The fourth-order valence-electron chi connectivity index (χ4n) is 1.91. The van der Waals surface area contributed by atoms with Gasteiger partial charge in [0.2, 0.25) is 5.78 Å². The largest absolute Gasteiger partial charge is 0.506 e. The van der Waals surface area contributed by atoms with Crippen molar-refractivity contribution in [3.8, 4) is 5.75 Å². The number of hydrogen-bond acceptors (Lipinski definition) is 6. The minimum absolute atomic E-state index is 0.0392. The summed E-state index contributed by atoms with van der Waals surface area (Å²) in [6, 6.07) is 6.25. The fraction of sp³-hybridized carbons (Fsp3) is 0.0714. The van der Waals surface area contributed by atoms with E-state index in [1.54, 1.807) is 18.2 Å². The smallest absolute Gasteiger partial charge is 0.254 e. The highest BCUT2D eigenvalue weighted by molar-refractivity contribution is 6.56. The number of benzene rings is 1. The van der Waals surface area contributed by atoms with Crippen LogP contribution in [0.15, 0.2) is 52.4 Å². The van der Waals surface area contributed by atoms with Gasteiger partial charge in [-0.15, -0.1) is 0 Å². The van der Waals surface area contributed by atoms with Crippen LogP contribution in [0.1, 0.15) is 0 Å². The molecule has 0 atom stereocenters. The van der Waals surface area contributed by atoms with Crippen molar-refractivity contribution in [2.75, 3.05) is 12.4 Å². The maximum absolute atomic E-state index is 11.9. The number of aromatic hydroxyl groups is 1. The number of allylic oxidation sites excluding steroid dienone is 1. The number of hydrogen-bond donors (Lipinski definition) is 4. The lowest BCUT2D eigenvalue weighted by molar-refractivity contribution is -0.115. The van der Waals surface area contributed by atoms with E-state index >= 15 is 0 Å². The quantitative estimate of drug-likeness (QED) is 0.479. The number of carbonyl (C=O) groups excluding carboxylic acids is 2. The number of primary amides is 1. The molecule has 0 aromatic heterocycles. The second kappa shape index (κ2) is 5.49. The van der Waals surface area contributed by atoms with Crippen molar-refractivity contribution in [1.29, 1.82) is 0 Å². The highest BCUT2D eigenvalue weighted by atomic mass is 16.3. The van der Waals surface area contributed by atoms with Gasteiger partial charge in [0, 0.05) is 13.1 Å². The molecule has 0 heterocycles. The fourth-order valence-corrected chi connectivity index (χ4v) is 1.91. The summed E-state index contributed by atoms with van der Waals surface area (Å²) in [5.41, 5.74) is 4.84. The van der Waals surface area contributed by atoms with Crippen molar-refractivity contribution in [2.45, 2.75) is 0 Å². The van der Waals surface area contributed by atoms with E-state index in [0.717, 1.165) is 6.08 Å². The van der Waals surface area contributed by atoms with Crippen LogP contribution in [-0.2, 0) is 9.59 Å². The summed E-state index contributed by atoms with van der Waals surface area (Å²) in [6.45, 7) is 0. The standard InChI is InChI=1S/C14H13N3O4/c1-16-12-10(19)6-8(13(20)11(12)14(15)21)17-7-4-2-3-5-9(7)18/h2-6,17-18,20H,1H3,(H2,15,21). The molecule has 0 bridgehead atoms. The highest BCUT2D eigenvalue weighted by Gasteiger charge is 2.30. The van der Waals surface area contributed by atoms with Crippen molar-refractivity contribution in [3.63, 3.8) is 0 Å². The lowest BCUT2D eigenvalue weighted by Gasteiger charge is -2.18. The van der Waals surface area contributed by atoms with Crippen LogP contribution in [0, 0.1) is 0 Å². The zero-order valence-electron chi connectivity index (χ0n) is 11.1. The Morgan fingerprint density at radius 2 is 1.95 bits per heavy atom. The zero-order valence-corrected chi connectivity index (χ0v) is 11.1. The first-order chi connectivity index (χ1) is 9.95. The summed E-state index contributed by atoms with van der Waals surface area (Å²) < 4.78 is 0. The van der Waals surface area contributed by atoms with E-state index in [1.165, 1.54) is 13.1 Å². The van der Waals surface area contributed by atoms with Gasteiger partial charge in [0.25, 0.3) is 5.91 Å². The molecule has 0 aliphatic heterocycles. The van der Waals surface area contributed by atoms with Gasteiger partial charge < -0.3 is 21.3 Å². The molecule has 0 saturated heterocycles. The van der Waals surface area contributed by atoms with Crippen LogP contribution in [0.5, 0.6) is 5.75 Å². The Hall–Kier alpha value is -3.09. The van der Waals surface area contributed by atoms with Crippen LogP contribution >= 0.6 is 0 Å². The van der Waals surface area contributed by atoms with Gasteiger partial charge in [0.15, 0.2) is 5.76 Å². The summed E-state index contributed by atoms with van der Waals surface area (Å²) >= 11 is 0. The van der Waals surface area contributed by atoms with Crippen molar-refractivity contribution in [3.05, 3.63) is 47.4 Å². The maximum Gasteiger partial charge on any atom is 0.254 e. The molecule has 7 heteroatoms. The molecule has 1 aromatic carbocycles. The Morgan fingerprint density at radius 3 is 2.52 bits per heavy atom. The summed E-state index contributed by atoms with van der Waals surface area (Å²) in [6.07, 6.45) is 1.08. The van der Waals surface area contributed by atoms with Crippen LogP contribution in [0.4, 0.5) is 5.69 Å². The Balaban J connectivity index is 2.48. The normalized spacial score (nSPS) is 16.9. The lowest BCUT2D eigenvalue weighted by atomic mass is 9.96. The molecule has 1 aliphatic rings. The number of phenols is 1. The predicted octanol–water partition coefficient (Wildman–Crippen LogP) is 0.639. The molecule has 0 radical (unpaired) electrons. The van der Waals surface area contributed by atoms with Gasteiger partial charge in [-0.3, -0.25) is 14.6 Å². The molecule has 21 heavy (non-hydrogen) atoms.